The first-order valence-electron chi connectivity index (χ1n) is 9.51. The summed E-state index contributed by atoms with van der Waals surface area (Å²) in [4.78, 5) is 18.6. The summed E-state index contributed by atoms with van der Waals surface area (Å²) in [6.45, 7) is 3.54. The summed E-state index contributed by atoms with van der Waals surface area (Å²) in [7, 11) is 0. The van der Waals surface area contributed by atoms with Crippen molar-refractivity contribution >= 4 is 5.91 Å². The van der Waals surface area contributed by atoms with E-state index in [1.54, 1.807) is 12.1 Å². The van der Waals surface area contributed by atoms with Gasteiger partial charge in [0.05, 0.1) is 18.7 Å². The number of pyridine rings is 1. The second kappa shape index (κ2) is 8.33. The van der Waals surface area contributed by atoms with E-state index in [-0.39, 0.29) is 12.0 Å². The highest BCUT2D eigenvalue weighted by atomic mass is 16.5. The zero-order valence-electron chi connectivity index (χ0n) is 15.0. The van der Waals surface area contributed by atoms with E-state index in [1.165, 1.54) is 38.3 Å². The van der Waals surface area contributed by atoms with Crippen LogP contribution in [0.15, 0.2) is 18.3 Å². The quantitative estimate of drug-likeness (QED) is 0.794. The highest BCUT2D eigenvalue weighted by Gasteiger charge is 2.37. The van der Waals surface area contributed by atoms with Gasteiger partial charge in [0, 0.05) is 18.2 Å². The van der Waals surface area contributed by atoms with Crippen LogP contribution in [-0.4, -0.2) is 35.0 Å². The van der Waals surface area contributed by atoms with E-state index in [9.17, 15) is 4.79 Å². The lowest BCUT2D eigenvalue weighted by molar-refractivity contribution is -0.146. The molecule has 1 amide bonds. The van der Waals surface area contributed by atoms with Crippen molar-refractivity contribution in [3.05, 3.63) is 23.9 Å². The molecule has 5 heteroatoms. The third-order valence-corrected chi connectivity index (χ3v) is 5.47. The van der Waals surface area contributed by atoms with Gasteiger partial charge in [-0.15, -0.1) is 0 Å². The fraction of sp³-hybridized carbons (Fsp3) is 0.650. The molecule has 0 bridgehead atoms. The molecule has 0 aromatic carbocycles. The Labute approximate surface area is 150 Å². The third-order valence-electron chi connectivity index (χ3n) is 5.47. The molecule has 1 aromatic rings. The number of hydrogen-bond acceptors (Lipinski definition) is 4. The first-order chi connectivity index (χ1) is 12.2. The number of carbonyl (C=O) groups is 1. The number of aromatic nitrogens is 1. The van der Waals surface area contributed by atoms with Crippen molar-refractivity contribution in [3.63, 3.8) is 0 Å². The minimum absolute atomic E-state index is 0.0188. The van der Waals surface area contributed by atoms with Crippen LogP contribution in [0.4, 0.5) is 0 Å². The number of unbranched alkanes of at least 4 members (excludes halogenated alkanes) is 1. The van der Waals surface area contributed by atoms with Gasteiger partial charge in [-0.05, 0) is 37.7 Å². The number of carbonyl (C=O) groups excluding carboxylic acids is 1. The first kappa shape index (κ1) is 17.7. The summed E-state index contributed by atoms with van der Waals surface area (Å²) in [5.74, 6) is 1.87. The van der Waals surface area contributed by atoms with Gasteiger partial charge < -0.3 is 9.64 Å². The lowest BCUT2D eigenvalue weighted by Gasteiger charge is -2.41. The molecule has 1 saturated carbocycles. The summed E-state index contributed by atoms with van der Waals surface area (Å²) in [5.41, 5.74) is 0.521. The first-order valence-corrected chi connectivity index (χ1v) is 9.51. The van der Waals surface area contributed by atoms with Crippen molar-refractivity contribution in [3.8, 4) is 11.9 Å². The van der Waals surface area contributed by atoms with Crippen molar-refractivity contribution in [2.45, 2.75) is 58.0 Å². The van der Waals surface area contributed by atoms with E-state index in [4.69, 9.17) is 10.00 Å². The molecule has 0 atom stereocenters. The number of hydrogen-bond donors (Lipinski definition) is 0. The van der Waals surface area contributed by atoms with Gasteiger partial charge in [-0.25, -0.2) is 4.98 Å². The molecule has 0 spiro atoms. The lowest BCUT2D eigenvalue weighted by Crippen LogP contribution is -2.57. The molecule has 2 fully saturated rings. The zero-order chi connectivity index (χ0) is 17.6. The van der Waals surface area contributed by atoms with Crippen molar-refractivity contribution in [2.24, 2.45) is 11.8 Å². The number of ether oxygens (including phenoxy) is 1. The number of nitriles is 1. The van der Waals surface area contributed by atoms with Crippen molar-refractivity contribution < 1.29 is 9.53 Å². The molecule has 0 N–H and O–H groups in total. The Hall–Kier alpha value is -2.09. The maximum absolute atomic E-state index is 12.6. The van der Waals surface area contributed by atoms with Crippen LogP contribution in [0, 0.1) is 23.2 Å². The van der Waals surface area contributed by atoms with E-state index < -0.39 is 0 Å². The van der Waals surface area contributed by atoms with Gasteiger partial charge in [-0.3, -0.25) is 4.79 Å². The number of likely N-dealkylation sites (tertiary alicyclic amines) is 1. The number of nitrogens with zero attached hydrogens (tertiary/aromatic N) is 3. The molecular formula is C20H27N3O2. The van der Waals surface area contributed by atoms with Gasteiger partial charge in [0.1, 0.15) is 12.2 Å². The molecule has 2 heterocycles. The monoisotopic (exact) mass is 341 g/mol. The summed E-state index contributed by atoms with van der Waals surface area (Å²) in [5, 5.41) is 8.77. The highest BCUT2D eigenvalue weighted by Crippen LogP contribution is 2.33. The van der Waals surface area contributed by atoms with Crippen LogP contribution >= 0.6 is 0 Å². The van der Waals surface area contributed by atoms with Crippen LogP contribution in [0.2, 0.25) is 0 Å². The largest absolute Gasteiger partial charge is 0.471 e. The van der Waals surface area contributed by atoms with Gasteiger partial charge in [0.2, 0.25) is 11.8 Å². The predicted octanol–water partition coefficient (Wildman–Crippen LogP) is 3.54. The molecule has 2 aliphatic rings. The fourth-order valence-corrected chi connectivity index (χ4v) is 3.83. The Morgan fingerprint density at radius 1 is 1.32 bits per heavy atom. The summed E-state index contributed by atoms with van der Waals surface area (Å²) < 4.78 is 5.76. The van der Waals surface area contributed by atoms with E-state index in [0.29, 0.717) is 30.4 Å². The summed E-state index contributed by atoms with van der Waals surface area (Å²) in [6.07, 6.45) is 9.95. The molecule has 0 radical (unpaired) electrons. The molecule has 134 valence electrons. The van der Waals surface area contributed by atoms with Crippen LogP contribution in [0.1, 0.15) is 57.4 Å². The Morgan fingerprint density at radius 2 is 2.08 bits per heavy atom. The number of rotatable bonds is 6. The molecule has 1 aromatic heterocycles. The van der Waals surface area contributed by atoms with Gasteiger partial charge in [-0.2, -0.15) is 5.26 Å². The van der Waals surface area contributed by atoms with Gasteiger partial charge in [0.25, 0.3) is 0 Å². The highest BCUT2D eigenvalue weighted by molar-refractivity contribution is 5.79. The molecular weight excluding hydrogens is 314 g/mol. The van der Waals surface area contributed by atoms with Gasteiger partial charge in [0.15, 0.2) is 0 Å². The van der Waals surface area contributed by atoms with Crippen LogP contribution in [0.25, 0.3) is 0 Å². The number of amides is 1. The second-order valence-electron chi connectivity index (χ2n) is 7.34. The normalized spacial score (nSPS) is 23.6. The van der Waals surface area contributed by atoms with E-state index in [1.807, 2.05) is 11.0 Å². The van der Waals surface area contributed by atoms with Crippen LogP contribution in [0.5, 0.6) is 5.88 Å². The third kappa shape index (κ3) is 4.50. The zero-order valence-corrected chi connectivity index (χ0v) is 15.0. The smallest absolute Gasteiger partial charge is 0.225 e. The Bertz CT molecular complexity index is 609. The predicted molar refractivity (Wildman–Crippen MR) is 94.9 cm³/mol. The Kier molecular flexibility index (Phi) is 5.91. The maximum atomic E-state index is 12.6. The van der Waals surface area contributed by atoms with E-state index >= 15 is 0 Å². The van der Waals surface area contributed by atoms with Crippen LogP contribution in [-0.2, 0) is 4.79 Å². The summed E-state index contributed by atoms with van der Waals surface area (Å²) >= 11 is 0. The van der Waals surface area contributed by atoms with Gasteiger partial charge in [-0.1, -0.05) is 26.2 Å². The average molecular weight is 341 g/mol. The molecule has 0 unspecified atom stereocenters. The minimum atomic E-state index is 0.0188. The standard InChI is InChI=1S/C20H27N3O2/c1-2-3-4-15-5-8-17(9-6-15)20(24)23-13-18(14-23)25-19-10-7-16(11-21)12-22-19/h7,10,12,15,17-18H,2-6,8-9,13-14H2,1H3. The molecule has 3 rings (SSSR count). The summed E-state index contributed by atoms with van der Waals surface area (Å²) in [6, 6.07) is 5.44. The fourth-order valence-electron chi connectivity index (χ4n) is 3.83. The van der Waals surface area contributed by atoms with Crippen LogP contribution < -0.4 is 4.74 Å². The minimum Gasteiger partial charge on any atom is -0.471 e. The lowest BCUT2D eigenvalue weighted by atomic mass is 9.79. The van der Waals surface area contributed by atoms with E-state index in [2.05, 4.69) is 11.9 Å². The van der Waals surface area contributed by atoms with E-state index in [0.717, 1.165) is 18.8 Å². The van der Waals surface area contributed by atoms with Crippen molar-refractivity contribution in [1.82, 2.24) is 9.88 Å². The Morgan fingerprint density at radius 3 is 2.68 bits per heavy atom. The molecule has 25 heavy (non-hydrogen) atoms. The second-order valence-corrected chi connectivity index (χ2v) is 7.34. The topological polar surface area (TPSA) is 66.2 Å². The molecule has 5 nitrogen and oxygen atoms in total. The van der Waals surface area contributed by atoms with Crippen molar-refractivity contribution in [1.29, 1.82) is 5.26 Å². The molecule has 1 aliphatic carbocycles. The SMILES string of the molecule is CCCCC1CCC(C(=O)N2CC(Oc3ccc(C#N)cn3)C2)CC1. The maximum Gasteiger partial charge on any atom is 0.225 e. The Balaban J connectivity index is 1.39. The van der Waals surface area contributed by atoms with Gasteiger partial charge >= 0.3 is 0 Å². The van der Waals surface area contributed by atoms with Crippen LogP contribution in [0.3, 0.4) is 0 Å². The van der Waals surface area contributed by atoms with Crippen molar-refractivity contribution in [2.75, 3.05) is 13.1 Å². The average Bonchev–Trinajstić information content (AvgIpc) is 2.63. The molecule has 1 saturated heterocycles. The molecule has 1 aliphatic heterocycles.